The molecule has 1 aromatic carbocycles. The second-order valence-corrected chi connectivity index (χ2v) is 6.19. The van der Waals surface area contributed by atoms with Gasteiger partial charge in [-0.3, -0.25) is 4.90 Å². The van der Waals surface area contributed by atoms with Crippen LogP contribution >= 0.6 is 11.6 Å². The summed E-state index contributed by atoms with van der Waals surface area (Å²) in [6.45, 7) is 5.44. The maximum Gasteiger partial charge on any atom is 0.0639 e. The lowest BCUT2D eigenvalue weighted by molar-refractivity contribution is 0.232. The summed E-state index contributed by atoms with van der Waals surface area (Å²) in [5, 5.41) is 0.852. The maximum atomic E-state index is 6.27. The van der Waals surface area contributed by atoms with Crippen LogP contribution in [0, 0.1) is 5.92 Å². The number of nitrogens with two attached hydrogens (primary N) is 1. The topological polar surface area (TPSA) is 32.5 Å². The minimum atomic E-state index is 0.268. The highest BCUT2D eigenvalue weighted by Crippen LogP contribution is 2.26. The van der Waals surface area contributed by atoms with Gasteiger partial charge >= 0.3 is 0 Å². The second kappa shape index (κ2) is 6.17. The molecule has 1 saturated heterocycles. The van der Waals surface area contributed by atoms with Gasteiger partial charge in [0.1, 0.15) is 0 Å². The Labute approximate surface area is 126 Å². The van der Waals surface area contributed by atoms with E-state index in [-0.39, 0.29) is 6.04 Å². The number of para-hydroxylation sites is 1. The molecule has 1 fully saturated rings. The number of piperazine rings is 1. The van der Waals surface area contributed by atoms with Crippen LogP contribution in [0.2, 0.25) is 5.02 Å². The van der Waals surface area contributed by atoms with Crippen LogP contribution in [0.1, 0.15) is 6.42 Å². The summed E-state index contributed by atoms with van der Waals surface area (Å²) in [5.74, 6) is 0.636. The molecule has 20 heavy (non-hydrogen) atoms. The predicted molar refractivity (Wildman–Crippen MR) is 85.3 cm³/mol. The molecule has 1 aliphatic heterocycles. The van der Waals surface area contributed by atoms with Gasteiger partial charge in [0.25, 0.3) is 0 Å². The van der Waals surface area contributed by atoms with Crippen LogP contribution in [0.4, 0.5) is 5.69 Å². The minimum Gasteiger partial charge on any atom is -0.368 e. The molecule has 1 aliphatic carbocycles. The van der Waals surface area contributed by atoms with Gasteiger partial charge in [0, 0.05) is 38.8 Å². The fraction of sp³-hybridized carbons (Fsp3) is 0.500. The van der Waals surface area contributed by atoms with Gasteiger partial charge in [0.05, 0.1) is 10.7 Å². The molecule has 2 N–H and O–H groups in total. The molecule has 108 valence electrons. The Bertz CT molecular complexity index is 480. The molecule has 2 atom stereocenters. The van der Waals surface area contributed by atoms with Gasteiger partial charge in [0.2, 0.25) is 0 Å². The van der Waals surface area contributed by atoms with E-state index in [0.29, 0.717) is 5.92 Å². The standard InChI is InChI=1S/C16H22ClN3/c17-15-3-1-2-4-16(15)20-9-7-19(8-10-20)12-13-5-6-14(18)11-13/h1-6,13-14H,7-12,18H2. The number of hydrogen-bond donors (Lipinski definition) is 1. The van der Waals surface area contributed by atoms with Crippen molar-refractivity contribution < 1.29 is 0 Å². The molecule has 3 rings (SSSR count). The number of hydrogen-bond acceptors (Lipinski definition) is 3. The van der Waals surface area contributed by atoms with Crippen LogP contribution in [-0.4, -0.2) is 43.7 Å². The zero-order chi connectivity index (χ0) is 13.9. The first-order valence-corrected chi connectivity index (χ1v) is 7.76. The van der Waals surface area contributed by atoms with Crippen LogP contribution in [-0.2, 0) is 0 Å². The highest BCUT2D eigenvalue weighted by Gasteiger charge is 2.23. The Hall–Kier alpha value is -1.03. The van der Waals surface area contributed by atoms with E-state index in [0.717, 1.165) is 49.9 Å². The summed E-state index contributed by atoms with van der Waals surface area (Å²) in [6.07, 6.45) is 5.53. The first-order valence-electron chi connectivity index (χ1n) is 7.38. The highest BCUT2D eigenvalue weighted by atomic mass is 35.5. The average molecular weight is 292 g/mol. The summed E-state index contributed by atoms with van der Waals surface area (Å²) in [4.78, 5) is 4.93. The maximum absolute atomic E-state index is 6.27. The van der Waals surface area contributed by atoms with Crippen LogP contribution in [0.3, 0.4) is 0 Å². The van der Waals surface area contributed by atoms with Crippen molar-refractivity contribution in [2.75, 3.05) is 37.6 Å². The Morgan fingerprint density at radius 2 is 1.85 bits per heavy atom. The molecule has 0 spiro atoms. The van der Waals surface area contributed by atoms with Crippen LogP contribution in [0.25, 0.3) is 0 Å². The molecule has 3 nitrogen and oxygen atoms in total. The quantitative estimate of drug-likeness (QED) is 0.868. The van der Waals surface area contributed by atoms with Crippen molar-refractivity contribution >= 4 is 17.3 Å². The molecule has 1 heterocycles. The van der Waals surface area contributed by atoms with Crippen molar-refractivity contribution in [1.82, 2.24) is 4.90 Å². The van der Waals surface area contributed by atoms with E-state index < -0.39 is 0 Å². The molecule has 0 saturated carbocycles. The molecule has 4 heteroatoms. The van der Waals surface area contributed by atoms with Gasteiger partial charge < -0.3 is 10.6 Å². The molecule has 1 aromatic rings. The third kappa shape index (κ3) is 3.17. The predicted octanol–water partition coefficient (Wildman–Crippen LogP) is 2.37. The second-order valence-electron chi connectivity index (χ2n) is 5.78. The van der Waals surface area contributed by atoms with E-state index in [1.165, 1.54) is 0 Å². The van der Waals surface area contributed by atoms with E-state index >= 15 is 0 Å². The fourth-order valence-electron chi connectivity index (χ4n) is 3.15. The molecule has 0 aromatic heterocycles. The Morgan fingerprint density at radius 1 is 1.10 bits per heavy atom. The van der Waals surface area contributed by atoms with Crippen molar-refractivity contribution in [2.24, 2.45) is 11.7 Å². The zero-order valence-electron chi connectivity index (χ0n) is 11.7. The smallest absolute Gasteiger partial charge is 0.0639 e. The first-order chi connectivity index (χ1) is 9.72. The molecule has 2 unspecified atom stereocenters. The van der Waals surface area contributed by atoms with E-state index in [9.17, 15) is 0 Å². The van der Waals surface area contributed by atoms with Crippen molar-refractivity contribution in [1.29, 1.82) is 0 Å². The Kier molecular flexibility index (Phi) is 4.29. The Balaban J connectivity index is 1.52. The summed E-state index contributed by atoms with van der Waals surface area (Å²) in [7, 11) is 0. The minimum absolute atomic E-state index is 0.268. The lowest BCUT2D eigenvalue weighted by Gasteiger charge is -2.37. The lowest BCUT2D eigenvalue weighted by Crippen LogP contribution is -2.47. The lowest BCUT2D eigenvalue weighted by atomic mass is 10.1. The van der Waals surface area contributed by atoms with Gasteiger partial charge in [-0.25, -0.2) is 0 Å². The number of anilines is 1. The third-order valence-electron chi connectivity index (χ3n) is 4.26. The zero-order valence-corrected chi connectivity index (χ0v) is 12.5. The molecule has 0 bridgehead atoms. The number of nitrogens with zero attached hydrogens (tertiary/aromatic N) is 2. The highest BCUT2D eigenvalue weighted by molar-refractivity contribution is 6.33. The fourth-order valence-corrected chi connectivity index (χ4v) is 3.41. The summed E-state index contributed by atoms with van der Waals surface area (Å²) < 4.78 is 0. The van der Waals surface area contributed by atoms with Gasteiger partial charge in [-0.15, -0.1) is 0 Å². The summed E-state index contributed by atoms with van der Waals surface area (Å²) in [6, 6.07) is 8.38. The molecule has 0 amide bonds. The SMILES string of the molecule is NC1C=CC(CN2CCN(c3ccccc3Cl)CC2)C1. The number of benzene rings is 1. The number of halogens is 1. The average Bonchev–Trinajstić information content (AvgIpc) is 2.86. The van der Waals surface area contributed by atoms with Crippen molar-refractivity contribution in [3.63, 3.8) is 0 Å². The van der Waals surface area contributed by atoms with Crippen LogP contribution in [0.15, 0.2) is 36.4 Å². The normalized spacial score (nSPS) is 27.2. The monoisotopic (exact) mass is 291 g/mol. The molecule has 0 radical (unpaired) electrons. The van der Waals surface area contributed by atoms with E-state index in [1.807, 2.05) is 12.1 Å². The molecular formula is C16H22ClN3. The van der Waals surface area contributed by atoms with Crippen molar-refractivity contribution in [3.05, 3.63) is 41.4 Å². The van der Waals surface area contributed by atoms with E-state index in [2.05, 4.69) is 34.1 Å². The third-order valence-corrected chi connectivity index (χ3v) is 4.58. The molecular weight excluding hydrogens is 270 g/mol. The summed E-state index contributed by atoms with van der Waals surface area (Å²) in [5.41, 5.74) is 7.08. The van der Waals surface area contributed by atoms with Gasteiger partial charge in [-0.05, 0) is 24.5 Å². The first kappa shape index (κ1) is 13.9. The summed E-state index contributed by atoms with van der Waals surface area (Å²) >= 11 is 6.27. The van der Waals surface area contributed by atoms with E-state index in [4.69, 9.17) is 17.3 Å². The van der Waals surface area contributed by atoms with Gasteiger partial charge in [-0.1, -0.05) is 35.9 Å². The van der Waals surface area contributed by atoms with Crippen LogP contribution < -0.4 is 10.6 Å². The van der Waals surface area contributed by atoms with Crippen molar-refractivity contribution in [3.8, 4) is 0 Å². The van der Waals surface area contributed by atoms with Gasteiger partial charge in [0.15, 0.2) is 0 Å². The van der Waals surface area contributed by atoms with Crippen molar-refractivity contribution in [2.45, 2.75) is 12.5 Å². The number of rotatable bonds is 3. The molecule has 2 aliphatic rings. The largest absolute Gasteiger partial charge is 0.368 e. The van der Waals surface area contributed by atoms with Crippen LogP contribution in [0.5, 0.6) is 0 Å². The Morgan fingerprint density at radius 3 is 2.50 bits per heavy atom. The van der Waals surface area contributed by atoms with E-state index in [1.54, 1.807) is 0 Å². The van der Waals surface area contributed by atoms with Gasteiger partial charge in [-0.2, -0.15) is 0 Å².